The van der Waals surface area contributed by atoms with Crippen LogP contribution in [0.4, 0.5) is 0 Å². The van der Waals surface area contributed by atoms with Crippen LogP contribution in [0.1, 0.15) is 239 Å². The minimum atomic E-state index is -4.39. The second kappa shape index (κ2) is 53.5. The highest BCUT2D eigenvalue weighted by Crippen LogP contribution is 2.43. The van der Waals surface area contributed by atoms with Gasteiger partial charge < -0.3 is 20.1 Å². The standard InChI is InChI=1S/C58H102NO8P/c1-3-5-7-9-11-13-15-17-19-21-23-24-25-26-27-28-29-30-31-32-33-35-37-39-41-43-45-47-49-51-58(61)67-56(55-66-68(62,63)65-53-52-59)54-64-57(60)50-48-46-44-42-40-38-36-34-22-20-18-16-14-12-10-8-6-4-2/h5,7,11,13-14,16-17,19-20,22-24,26-27,56H,3-4,6,8-10,12,15,18,21,25,28-55,59H2,1-2H3,(H,62,63)/b7-5-,13-11-,16-14-,19-17-,22-20-,24-23-,27-26-. The molecular formula is C58H102NO8P. The molecule has 10 heteroatoms. The van der Waals surface area contributed by atoms with Gasteiger partial charge in [0.05, 0.1) is 13.2 Å². The average molecular weight is 972 g/mol. The third-order valence-corrected chi connectivity index (χ3v) is 12.5. The molecule has 0 amide bonds. The van der Waals surface area contributed by atoms with E-state index in [2.05, 4.69) is 98.9 Å². The number of carbonyl (C=O) groups excluding carboxylic acids is 2. The van der Waals surface area contributed by atoms with Gasteiger partial charge in [0.15, 0.2) is 6.10 Å². The molecule has 0 saturated heterocycles. The fraction of sp³-hybridized carbons (Fsp3) is 0.724. The molecule has 0 bridgehead atoms. The van der Waals surface area contributed by atoms with E-state index in [-0.39, 0.29) is 38.6 Å². The van der Waals surface area contributed by atoms with Gasteiger partial charge in [-0.2, -0.15) is 0 Å². The van der Waals surface area contributed by atoms with E-state index in [1.165, 1.54) is 116 Å². The van der Waals surface area contributed by atoms with Crippen molar-refractivity contribution >= 4 is 19.8 Å². The second-order valence-corrected chi connectivity index (χ2v) is 19.5. The molecule has 9 nitrogen and oxygen atoms in total. The van der Waals surface area contributed by atoms with Gasteiger partial charge in [0.1, 0.15) is 6.61 Å². The number of hydrogen-bond acceptors (Lipinski definition) is 8. The molecule has 0 aliphatic heterocycles. The van der Waals surface area contributed by atoms with Crippen LogP contribution in [0, 0.1) is 0 Å². The predicted molar refractivity (Wildman–Crippen MR) is 289 cm³/mol. The number of phosphoric ester groups is 1. The molecule has 0 fully saturated rings. The molecule has 0 saturated carbocycles. The Bertz CT molecular complexity index is 1390. The second-order valence-electron chi connectivity index (χ2n) is 18.1. The highest BCUT2D eigenvalue weighted by Gasteiger charge is 2.26. The van der Waals surface area contributed by atoms with Gasteiger partial charge in [-0.05, 0) is 89.9 Å². The molecule has 0 aromatic rings. The molecule has 3 N–H and O–H groups in total. The molecule has 0 aromatic heterocycles. The summed E-state index contributed by atoms with van der Waals surface area (Å²) in [6, 6.07) is 0. The summed E-state index contributed by atoms with van der Waals surface area (Å²) in [6.45, 7) is 3.61. The van der Waals surface area contributed by atoms with Crippen molar-refractivity contribution in [2.24, 2.45) is 5.73 Å². The lowest BCUT2D eigenvalue weighted by atomic mass is 10.0. The zero-order chi connectivity index (χ0) is 49.5. The molecule has 0 spiro atoms. The van der Waals surface area contributed by atoms with Gasteiger partial charge in [-0.3, -0.25) is 18.6 Å². The van der Waals surface area contributed by atoms with Crippen LogP contribution in [-0.4, -0.2) is 49.3 Å². The number of rotatable bonds is 51. The molecule has 0 aliphatic carbocycles. The lowest BCUT2D eigenvalue weighted by Gasteiger charge is -2.19. The van der Waals surface area contributed by atoms with Crippen LogP contribution in [0.2, 0.25) is 0 Å². The van der Waals surface area contributed by atoms with E-state index < -0.39 is 26.5 Å². The smallest absolute Gasteiger partial charge is 0.462 e. The van der Waals surface area contributed by atoms with Gasteiger partial charge in [0, 0.05) is 19.4 Å². The third-order valence-electron chi connectivity index (χ3n) is 11.5. The maximum atomic E-state index is 12.7. The number of allylic oxidation sites excluding steroid dienone is 14. The van der Waals surface area contributed by atoms with Crippen molar-refractivity contribution in [3.63, 3.8) is 0 Å². The maximum absolute atomic E-state index is 12.7. The molecule has 0 rings (SSSR count). The summed E-state index contributed by atoms with van der Waals surface area (Å²) in [7, 11) is -4.39. The summed E-state index contributed by atoms with van der Waals surface area (Å²) < 4.78 is 33.0. The van der Waals surface area contributed by atoms with Gasteiger partial charge in [0.25, 0.3) is 0 Å². The van der Waals surface area contributed by atoms with Crippen molar-refractivity contribution in [2.75, 3.05) is 26.4 Å². The Morgan fingerprint density at radius 3 is 1.21 bits per heavy atom. The largest absolute Gasteiger partial charge is 0.472 e. The Morgan fingerprint density at radius 1 is 0.456 bits per heavy atom. The quantitative estimate of drug-likeness (QED) is 0.0264. The molecule has 2 atom stereocenters. The van der Waals surface area contributed by atoms with Crippen LogP contribution in [0.15, 0.2) is 85.1 Å². The molecular weight excluding hydrogens is 870 g/mol. The Morgan fingerprint density at radius 2 is 0.809 bits per heavy atom. The zero-order valence-electron chi connectivity index (χ0n) is 43.6. The lowest BCUT2D eigenvalue weighted by Crippen LogP contribution is -2.29. The van der Waals surface area contributed by atoms with Gasteiger partial charge in [-0.15, -0.1) is 0 Å². The third kappa shape index (κ3) is 52.6. The van der Waals surface area contributed by atoms with Crippen molar-refractivity contribution in [2.45, 2.75) is 245 Å². The minimum absolute atomic E-state index is 0.0491. The predicted octanol–water partition coefficient (Wildman–Crippen LogP) is 17.1. The van der Waals surface area contributed by atoms with Crippen LogP contribution in [-0.2, 0) is 32.7 Å². The average Bonchev–Trinajstić information content (AvgIpc) is 3.33. The number of ether oxygens (including phenoxy) is 2. The molecule has 392 valence electrons. The van der Waals surface area contributed by atoms with E-state index in [9.17, 15) is 19.0 Å². The summed E-state index contributed by atoms with van der Waals surface area (Å²) >= 11 is 0. The van der Waals surface area contributed by atoms with Gasteiger partial charge in [-0.1, -0.05) is 221 Å². The van der Waals surface area contributed by atoms with E-state index in [0.717, 1.165) is 89.9 Å². The number of phosphoric acid groups is 1. The summed E-state index contributed by atoms with van der Waals surface area (Å²) in [5.74, 6) is -0.837. The Hall–Kier alpha value is -2.81. The van der Waals surface area contributed by atoms with Crippen LogP contribution in [0.5, 0.6) is 0 Å². The van der Waals surface area contributed by atoms with Crippen LogP contribution in [0.3, 0.4) is 0 Å². The van der Waals surface area contributed by atoms with Gasteiger partial charge in [0.2, 0.25) is 0 Å². The van der Waals surface area contributed by atoms with Crippen LogP contribution < -0.4 is 5.73 Å². The van der Waals surface area contributed by atoms with Gasteiger partial charge >= 0.3 is 19.8 Å². The summed E-state index contributed by atoms with van der Waals surface area (Å²) in [4.78, 5) is 35.1. The molecule has 0 radical (unpaired) electrons. The van der Waals surface area contributed by atoms with Crippen molar-refractivity contribution in [1.82, 2.24) is 0 Å². The first-order valence-electron chi connectivity index (χ1n) is 27.6. The van der Waals surface area contributed by atoms with E-state index in [1.54, 1.807) is 0 Å². The summed E-state index contributed by atoms with van der Waals surface area (Å²) in [5, 5.41) is 0. The number of esters is 2. The van der Waals surface area contributed by atoms with Crippen molar-refractivity contribution in [3.05, 3.63) is 85.1 Å². The summed E-state index contributed by atoms with van der Waals surface area (Å²) in [6.07, 6.45) is 69.1. The van der Waals surface area contributed by atoms with Crippen LogP contribution in [0.25, 0.3) is 0 Å². The first-order valence-corrected chi connectivity index (χ1v) is 29.1. The number of carbonyl (C=O) groups is 2. The normalized spacial score (nSPS) is 13.8. The first-order chi connectivity index (χ1) is 33.3. The minimum Gasteiger partial charge on any atom is -0.462 e. The Kier molecular flexibility index (Phi) is 51.3. The molecule has 0 aliphatic rings. The summed E-state index contributed by atoms with van der Waals surface area (Å²) in [5.41, 5.74) is 5.37. The van der Waals surface area contributed by atoms with E-state index in [1.807, 2.05) is 0 Å². The maximum Gasteiger partial charge on any atom is 0.472 e. The topological polar surface area (TPSA) is 134 Å². The highest BCUT2D eigenvalue weighted by atomic mass is 31.2. The fourth-order valence-electron chi connectivity index (χ4n) is 7.46. The lowest BCUT2D eigenvalue weighted by molar-refractivity contribution is -0.161. The SMILES string of the molecule is CC/C=C\C/C=C\C/C=C\C/C=C\C/C=C\CCCCCCCCCCCCCCCC(=O)OC(COC(=O)CCCCCCCCC/C=C\C/C=C\CCCCCC)COP(=O)(O)OCCN. The number of hydrogen-bond donors (Lipinski definition) is 2. The number of unbranched alkanes of at least 4 members (excludes halogenated alkanes) is 24. The monoisotopic (exact) mass is 972 g/mol. The Labute approximate surface area is 417 Å². The molecule has 68 heavy (non-hydrogen) atoms. The molecule has 0 aromatic carbocycles. The zero-order valence-corrected chi connectivity index (χ0v) is 44.5. The van der Waals surface area contributed by atoms with E-state index >= 15 is 0 Å². The van der Waals surface area contributed by atoms with E-state index in [4.69, 9.17) is 24.3 Å². The fourth-order valence-corrected chi connectivity index (χ4v) is 8.22. The van der Waals surface area contributed by atoms with Crippen LogP contribution >= 0.6 is 7.82 Å². The van der Waals surface area contributed by atoms with Crippen molar-refractivity contribution in [3.8, 4) is 0 Å². The van der Waals surface area contributed by atoms with Crippen molar-refractivity contribution in [1.29, 1.82) is 0 Å². The molecule has 0 heterocycles. The first kappa shape index (κ1) is 65.2. The van der Waals surface area contributed by atoms with E-state index in [0.29, 0.717) is 6.42 Å². The Balaban J connectivity index is 4.00. The highest BCUT2D eigenvalue weighted by molar-refractivity contribution is 7.47. The van der Waals surface area contributed by atoms with Gasteiger partial charge in [-0.25, -0.2) is 4.57 Å². The molecule has 2 unspecified atom stereocenters. The van der Waals surface area contributed by atoms with Crippen molar-refractivity contribution < 1.29 is 37.6 Å². The number of nitrogens with two attached hydrogens (primary N) is 1.